The van der Waals surface area contributed by atoms with Gasteiger partial charge in [0.1, 0.15) is 17.9 Å². The van der Waals surface area contributed by atoms with Crippen LogP contribution in [0.15, 0.2) is 51.7 Å². The van der Waals surface area contributed by atoms with Gasteiger partial charge in [-0.1, -0.05) is 43.7 Å². The summed E-state index contributed by atoms with van der Waals surface area (Å²) in [7, 11) is 0. The highest BCUT2D eigenvalue weighted by molar-refractivity contribution is 5.85. The molecule has 1 aliphatic rings. The molecule has 3 aromatic rings. The van der Waals surface area contributed by atoms with Crippen LogP contribution in [-0.2, 0) is 35.4 Å². The summed E-state index contributed by atoms with van der Waals surface area (Å²) < 4.78 is 16.2. The first-order valence-corrected chi connectivity index (χ1v) is 11.3. The molecule has 1 heterocycles. The summed E-state index contributed by atoms with van der Waals surface area (Å²) in [5.41, 5.74) is 3.72. The van der Waals surface area contributed by atoms with Gasteiger partial charge in [0.2, 0.25) is 0 Å². The molecule has 2 aromatic carbocycles. The Balaban J connectivity index is 1.37. The van der Waals surface area contributed by atoms with Crippen LogP contribution >= 0.6 is 0 Å². The fourth-order valence-electron chi connectivity index (χ4n) is 4.13. The molecule has 1 aliphatic carbocycles. The largest absolute Gasteiger partial charge is 0.445 e. The maximum absolute atomic E-state index is 12.4. The van der Waals surface area contributed by atoms with Crippen LogP contribution in [0.2, 0.25) is 0 Å². The van der Waals surface area contributed by atoms with E-state index in [-0.39, 0.29) is 25.2 Å². The van der Waals surface area contributed by atoms with Crippen molar-refractivity contribution >= 4 is 23.0 Å². The molecule has 7 heteroatoms. The highest BCUT2D eigenvalue weighted by atomic mass is 16.5. The van der Waals surface area contributed by atoms with Crippen LogP contribution in [0.4, 0.5) is 4.79 Å². The first-order valence-electron chi connectivity index (χ1n) is 11.3. The number of hydrogen-bond donors (Lipinski definition) is 1. The first kappa shape index (κ1) is 22.6. The highest BCUT2D eigenvalue weighted by Crippen LogP contribution is 2.33. The number of alkyl carbamates (subject to hydrolysis) is 1. The third kappa shape index (κ3) is 5.42. The van der Waals surface area contributed by atoms with Crippen LogP contribution < -0.4 is 15.7 Å². The third-order valence-corrected chi connectivity index (χ3v) is 5.71. The lowest BCUT2D eigenvalue weighted by molar-refractivity contribution is -0.134. The number of carbonyl (C=O) groups excluding carboxylic acids is 2. The summed E-state index contributed by atoms with van der Waals surface area (Å²) >= 11 is 0. The van der Waals surface area contributed by atoms with E-state index in [1.54, 1.807) is 6.07 Å². The Morgan fingerprint density at radius 2 is 1.88 bits per heavy atom. The Hall–Kier alpha value is -3.61. The van der Waals surface area contributed by atoms with Gasteiger partial charge in [0.25, 0.3) is 0 Å². The molecule has 33 heavy (non-hydrogen) atoms. The molecule has 0 spiro atoms. The zero-order valence-corrected chi connectivity index (χ0v) is 18.6. The van der Waals surface area contributed by atoms with Gasteiger partial charge < -0.3 is 19.2 Å². The van der Waals surface area contributed by atoms with E-state index in [1.807, 2.05) is 36.4 Å². The van der Waals surface area contributed by atoms with Crippen molar-refractivity contribution in [3.63, 3.8) is 0 Å². The molecule has 0 atom stereocenters. The van der Waals surface area contributed by atoms with Gasteiger partial charge in [-0.15, -0.1) is 0 Å². The number of nitrogens with one attached hydrogen (secondary N) is 1. The number of carbonyl (C=O) groups is 2. The summed E-state index contributed by atoms with van der Waals surface area (Å²) in [4.78, 5) is 36.5. The molecule has 0 saturated carbocycles. The quantitative estimate of drug-likeness (QED) is 0.310. The number of fused-ring (bicyclic) bond motifs is 3. The van der Waals surface area contributed by atoms with E-state index in [4.69, 9.17) is 13.9 Å². The normalized spacial score (nSPS) is 12.4. The average molecular weight is 450 g/mol. The molecule has 7 nitrogen and oxygen atoms in total. The number of amides is 1. The second-order valence-electron chi connectivity index (χ2n) is 8.12. The molecule has 0 radical (unpaired) electrons. The summed E-state index contributed by atoms with van der Waals surface area (Å²) in [6.45, 7) is 2.30. The lowest BCUT2D eigenvalue weighted by Crippen LogP contribution is -2.27. The summed E-state index contributed by atoms with van der Waals surface area (Å²) in [5.74, 6) is -0.0966. The smallest absolute Gasteiger partial charge is 0.407 e. The standard InChI is InChI=1S/C26H27NO6/c1-2-7-18-14-21-19-10-6-11-20(19)25(29)33-23(21)15-22(18)32-24(28)12-13-27-26(30)31-16-17-8-4-3-5-9-17/h3-5,8-9,14-15H,2,6-7,10-13,16H2,1H3,(H,27,30). The van der Waals surface area contributed by atoms with E-state index in [2.05, 4.69) is 12.2 Å². The molecule has 0 unspecified atom stereocenters. The SMILES string of the molecule is CCCc1cc2c3c(c(=O)oc2cc1OC(=O)CCNC(=O)OCc1ccccc1)CCC3. The van der Waals surface area contributed by atoms with E-state index in [1.165, 1.54) is 0 Å². The van der Waals surface area contributed by atoms with Crippen molar-refractivity contribution in [2.45, 2.75) is 52.1 Å². The minimum Gasteiger partial charge on any atom is -0.445 e. The van der Waals surface area contributed by atoms with Crippen LogP contribution in [0.3, 0.4) is 0 Å². The summed E-state index contributed by atoms with van der Waals surface area (Å²) in [6.07, 6.45) is 3.54. The first-order chi connectivity index (χ1) is 16.0. The van der Waals surface area contributed by atoms with Gasteiger partial charge in [-0.2, -0.15) is 0 Å². The van der Waals surface area contributed by atoms with E-state index in [9.17, 15) is 14.4 Å². The van der Waals surface area contributed by atoms with Crippen molar-refractivity contribution in [1.82, 2.24) is 5.32 Å². The monoisotopic (exact) mass is 449 g/mol. The number of ether oxygens (including phenoxy) is 2. The molecule has 0 aliphatic heterocycles. The Kier molecular flexibility index (Phi) is 7.07. The molecule has 1 aromatic heterocycles. The minimum atomic E-state index is -0.598. The van der Waals surface area contributed by atoms with Gasteiger partial charge in [0.05, 0.1) is 6.42 Å². The van der Waals surface area contributed by atoms with Gasteiger partial charge >= 0.3 is 17.7 Å². The maximum atomic E-state index is 12.4. The van der Waals surface area contributed by atoms with Crippen LogP contribution in [0.5, 0.6) is 5.75 Å². The average Bonchev–Trinajstić information content (AvgIpc) is 3.30. The lowest BCUT2D eigenvalue weighted by atomic mass is 10.0. The van der Waals surface area contributed by atoms with Gasteiger partial charge in [-0.05, 0) is 48.4 Å². The van der Waals surface area contributed by atoms with Crippen LogP contribution in [0.1, 0.15) is 48.4 Å². The molecule has 172 valence electrons. The van der Waals surface area contributed by atoms with Crippen molar-refractivity contribution in [2.75, 3.05) is 6.54 Å². The van der Waals surface area contributed by atoms with Crippen LogP contribution in [0.25, 0.3) is 11.0 Å². The van der Waals surface area contributed by atoms with E-state index >= 15 is 0 Å². The highest BCUT2D eigenvalue weighted by Gasteiger charge is 2.21. The summed E-state index contributed by atoms with van der Waals surface area (Å²) in [5, 5.41) is 3.48. The second kappa shape index (κ2) is 10.3. The fourth-order valence-corrected chi connectivity index (χ4v) is 4.13. The number of aryl methyl sites for hydroxylation is 2. The van der Waals surface area contributed by atoms with E-state index in [0.29, 0.717) is 11.3 Å². The van der Waals surface area contributed by atoms with Crippen LogP contribution in [0, 0.1) is 0 Å². The second-order valence-corrected chi connectivity index (χ2v) is 8.12. The van der Waals surface area contributed by atoms with Crippen molar-refractivity contribution in [2.24, 2.45) is 0 Å². The van der Waals surface area contributed by atoms with Crippen molar-refractivity contribution in [3.05, 3.63) is 75.1 Å². The molecular formula is C26H27NO6. The van der Waals surface area contributed by atoms with E-state index < -0.39 is 12.1 Å². The van der Waals surface area contributed by atoms with E-state index in [0.717, 1.165) is 59.7 Å². The maximum Gasteiger partial charge on any atom is 0.407 e. The van der Waals surface area contributed by atoms with Crippen molar-refractivity contribution < 1.29 is 23.5 Å². The molecule has 4 rings (SSSR count). The van der Waals surface area contributed by atoms with Gasteiger partial charge in [-0.3, -0.25) is 4.79 Å². The Morgan fingerprint density at radius 3 is 2.67 bits per heavy atom. The van der Waals surface area contributed by atoms with Gasteiger partial charge in [-0.25, -0.2) is 9.59 Å². The number of hydrogen-bond acceptors (Lipinski definition) is 6. The van der Waals surface area contributed by atoms with Gasteiger partial charge in [0, 0.05) is 23.6 Å². The Labute approximate surface area is 191 Å². The predicted octanol–water partition coefficient (Wildman–Crippen LogP) is 4.46. The minimum absolute atomic E-state index is 0.0157. The summed E-state index contributed by atoms with van der Waals surface area (Å²) in [6, 6.07) is 13.0. The van der Waals surface area contributed by atoms with Crippen LogP contribution in [-0.4, -0.2) is 18.6 Å². The lowest BCUT2D eigenvalue weighted by Gasteiger charge is -2.13. The molecule has 0 bridgehead atoms. The topological polar surface area (TPSA) is 94.8 Å². The van der Waals surface area contributed by atoms with Gasteiger partial charge in [0.15, 0.2) is 0 Å². The predicted molar refractivity (Wildman–Crippen MR) is 123 cm³/mol. The number of esters is 1. The Bertz CT molecular complexity index is 1210. The number of rotatable bonds is 8. The zero-order valence-electron chi connectivity index (χ0n) is 18.6. The molecule has 1 N–H and O–H groups in total. The molecule has 1 amide bonds. The van der Waals surface area contributed by atoms with Crippen molar-refractivity contribution in [1.29, 1.82) is 0 Å². The Morgan fingerprint density at radius 1 is 1.09 bits per heavy atom. The fraction of sp³-hybridized carbons (Fsp3) is 0.346. The molecular weight excluding hydrogens is 422 g/mol. The number of benzene rings is 2. The molecule has 0 fully saturated rings. The van der Waals surface area contributed by atoms with Crippen molar-refractivity contribution in [3.8, 4) is 5.75 Å². The molecule has 0 saturated heterocycles. The zero-order chi connectivity index (χ0) is 23.2. The third-order valence-electron chi connectivity index (χ3n) is 5.71.